The number of carbonyl (C=O) groups is 1. The van der Waals surface area contributed by atoms with E-state index >= 15 is 0 Å². The van der Waals surface area contributed by atoms with Crippen molar-refractivity contribution in [3.8, 4) is 5.88 Å². The summed E-state index contributed by atoms with van der Waals surface area (Å²) in [6.45, 7) is 1.28. The van der Waals surface area contributed by atoms with Crippen LogP contribution < -0.4 is 20.5 Å². The van der Waals surface area contributed by atoms with E-state index in [1.807, 2.05) is 6.07 Å². The van der Waals surface area contributed by atoms with Crippen molar-refractivity contribution < 1.29 is 22.7 Å². The molecule has 0 unspecified atom stereocenters. The first kappa shape index (κ1) is 23.4. The molecule has 0 atom stereocenters. The van der Waals surface area contributed by atoms with E-state index in [4.69, 9.17) is 4.74 Å². The number of aromatic amines is 1. The van der Waals surface area contributed by atoms with Gasteiger partial charge in [0.05, 0.1) is 29.9 Å². The SMILES string of the molecule is COc1n[nH]c2ncc(N3CCC(N(C)C(=O)Nc4cc(C(F)(F)F)cn(C)c4=O)CC3)cc12. The number of methoxy groups -OCH3 is 1. The molecule has 2 amide bonds. The monoisotopic (exact) mass is 479 g/mol. The van der Waals surface area contributed by atoms with Gasteiger partial charge in [-0.15, -0.1) is 5.10 Å². The summed E-state index contributed by atoms with van der Waals surface area (Å²) >= 11 is 0. The molecule has 182 valence electrons. The molecule has 34 heavy (non-hydrogen) atoms. The summed E-state index contributed by atoms with van der Waals surface area (Å²) in [6, 6.07) is 1.81. The van der Waals surface area contributed by atoms with E-state index in [-0.39, 0.29) is 6.04 Å². The first-order chi connectivity index (χ1) is 16.1. The summed E-state index contributed by atoms with van der Waals surface area (Å²) in [5.41, 5.74) is -0.638. The minimum Gasteiger partial charge on any atom is -0.479 e. The van der Waals surface area contributed by atoms with Crippen LogP contribution in [-0.2, 0) is 13.2 Å². The minimum atomic E-state index is -4.64. The Bertz CT molecular complexity index is 1260. The van der Waals surface area contributed by atoms with Crippen LogP contribution in [0.2, 0.25) is 0 Å². The lowest BCUT2D eigenvalue weighted by molar-refractivity contribution is -0.138. The van der Waals surface area contributed by atoms with Crippen LogP contribution in [0, 0.1) is 0 Å². The standard InChI is InChI=1S/C21H24F3N7O3/c1-29-11-12(21(22,23)24)8-16(19(29)32)26-20(33)30(2)13-4-6-31(7-5-13)14-9-15-17(25-10-14)27-28-18(15)34-3/h8-11,13H,4-7H2,1-3H3,(H,26,33)(H,25,27,28). The Kier molecular flexibility index (Phi) is 6.11. The molecule has 2 N–H and O–H groups in total. The second kappa shape index (κ2) is 8.88. The molecule has 0 spiro atoms. The highest BCUT2D eigenvalue weighted by molar-refractivity contribution is 5.89. The molecule has 1 aliphatic heterocycles. The Morgan fingerprint density at radius 3 is 2.65 bits per heavy atom. The van der Waals surface area contributed by atoms with Crippen molar-refractivity contribution in [1.82, 2.24) is 24.6 Å². The van der Waals surface area contributed by atoms with Gasteiger partial charge in [0.15, 0.2) is 5.65 Å². The van der Waals surface area contributed by atoms with E-state index < -0.39 is 29.0 Å². The molecular formula is C21H24F3N7O3. The second-order valence-corrected chi connectivity index (χ2v) is 8.14. The van der Waals surface area contributed by atoms with Gasteiger partial charge in [-0.1, -0.05) is 0 Å². The molecule has 13 heteroatoms. The number of anilines is 2. The summed E-state index contributed by atoms with van der Waals surface area (Å²) in [5.74, 6) is 0.455. The lowest BCUT2D eigenvalue weighted by Gasteiger charge is -2.37. The molecule has 1 fully saturated rings. The van der Waals surface area contributed by atoms with Gasteiger partial charge in [0.2, 0.25) is 5.88 Å². The van der Waals surface area contributed by atoms with Crippen LogP contribution in [0.25, 0.3) is 11.0 Å². The number of rotatable bonds is 4. The first-order valence-corrected chi connectivity index (χ1v) is 10.5. The zero-order chi connectivity index (χ0) is 24.6. The number of nitrogens with one attached hydrogen (secondary N) is 2. The van der Waals surface area contributed by atoms with Gasteiger partial charge in [0.25, 0.3) is 5.56 Å². The summed E-state index contributed by atoms with van der Waals surface area (Å²) in [5, 5.41) is 9.96. The summed E-state index contributed by atoms with van der Waals surface area (Å²) in [6.07, 6.45) is -0.943. The lowest BCUT2D eigenvalue weighted by Crippen LogP contribution is -2.47. The Labute approximate surface area is 192 Å². The predicted octanol–water partition coefficient (Wildman–Crippen LogP) is 2.82. The fourth-order valence-electron chi connectivity index (χ4n) is 4.04. The third kappa shape index (κ3) is 4.50. The topological polar surface area (TPSA) is 108 Å². The zero-order valence-electron chi connectivity index (χ0n) is 18.8. The number of pyridine rings is 2. The summed E-state index contributed by atoms with van der Waals surface area (Å²) in [7, 11) is 4.31. The van der Waals surface area contributed by atoms with Gasteiger partial charge in [-0.25, -0.2) is 9.78 Å². The molecule has 0 radical (unpaired) electrons. The van der Waals surface area contributed by atoms with Gasteiger partial charge in [-0.3, -0.25) is 9.89 Å². The molecule has 1 aliphatic rings. The average molecular weight is 479 g/mol. The highest BCUT2D eigenvalue weighted by Gasteiger charge is 2.33. The third-order valence-electron chi connectivity index (χ3n) is 6.01. The van der Waals surface area contributed by atoms with Crippen LogP contribution in [0.5, 0.6) is 5.88 Å². The molecule has 0 saturated carbocycles. The number of alkyl halides is 3. The van der Waals surface area contributed by atoms with E-state index in [0.29, 0.717) is 49.7 Å². The second-order valence-electron chi connectivity index (χ2n) is 8.14. The predicted molar refractivity (Wildman–Crippen MR) is 119 cm³/mol. The number of aromatic nitrogens is 4. The van der Waals surface area contributed by atoms with Crippen LogP contribution in [0.4, 0.5) is 29.3 Å². The highest BCUT2D eigenvalue weighted by Crippen LogP contribution is 2.30. The van der Waals surface area contributed by atoms with Crippen molar-refractivity contribution in [3.05, 3.63) is 40.4 Å². The molecular weight excluding hydrogens is 455 g/mol. The van der Waals surface area contributed by atoms with Crippen molar-refractivity contribution in [3.63, 3.8) is 0 Å². The Balaban J connectivity index is 1.42. The molecule has 1 saturated heterocycles. The van der Waals surface area contributed by atoms with Crippen LogP contribution in [-0.4, -0.2) is 64.0 Å². The fraction of sp³-hybridized carbons (Fsp3) is 0.429. The lowest BCUT2D eigenvalue weighted by atomic mass is 10.0. The molecule has 4 rings (SSSR count). The highest BCUT2D eigenvalue weighted by atomic mass is 19.4. The molecule has 10 nitrogen and oxygen atoms in total. The van der Waals surface area contributed by atoms with Crippen molar-refractivity contribution in [2.75, 3.05) is 37.5 Å². The summed E-state index contributed by atoms with van der Waals surface area (Å²) in [4.78, 5) is 32.9. The number of hydrogen-bond donors (Lipinski definition) is 2. The first-order valence-electron chi connectivity index (χ1n) is 10.5. The number of piperidine rings is 1. The Morgan fingerprint density at radius 2 is 2.00 bits per heavy atom. The number of carbonyl (C=O) groups excluding carboxylic acids is 1. The number of hydrogen-bond acceptors (Lipinski definition) is 6. The quantitative estimate of drug-likeness (QED) is 0.596. The normalized spacial score (nSPS) is 14.9. The van der Waals surface area contributed by atoms with Gasteiger partial charge < -0.3 is 24.4 Å². The largest absolute Gasteiger partial charge is 0.479 e. The number of amides is 2. The van der Waals surface area contributed by atoms with Gasteiger partial charge in [0.1, 0.15) is 5.69 Å². The Hall–Kier alpha value is -3.77. The molecule has 0 aliphatic carbocycles. The van der Waals surface area contributed by atoms with Crippen molar-refractivity contribution in [2.24, 2.45) is 7.05 Å². The van der Waals surface area contributed by atoms with Gasteiger partial charge in [-0.2, -0.15) is 13.2 Å². The van der Waals surface area contributed by atoms with Crippen LogP contribution >= 0.6 is 0 Å². The maximum absolute atomic E-state index is 13.1. The van der Waals surface area contributed by atoms with Crippen LogP contribution in [0.1, 0.15) is 18.4 Å². The maximum Gasteiger partial charge on any atom is 0.417 e. The van der Waals surface area contributed by atoms with E-state index in [9.17, 15) is 22.8 Å². The van der Waals surface area contributed by atoms with Gasteiger partial charge >= 0.3 is 12.2 Å². The van der Waals surface area contributed by atoms with Gasteiger partial charge in [0, 0.05) is 39.4 Å². The molecule has 0 aromatic carbocycles. The van der Waals surface area contributed by atoms with E-state index in [1.165, 1.54) is 19.1 Å². The van der Waals surface area contributed by atoms with Crippen LogP contribution in [0.3, 0.4) is 0 Å². The number of fused-ring (bicyclic) bond motifs is 1. The van der Waals surface area contributed by atoms with Crippen molar-refractivity contribution >= 4 is 28.4 Å². The number of ether oxygens (including phenoxy) is 1. The smallest absolute Gasteiger partial charge is 0.417 e. The van der Waals surface area contributed by atoms with Gasteiger partial charge in [-0.05, 0) is 25.0 Å². The zero-order valence-corrected chi connectivity index (χ0v) is 18.8. The molecule has 0 bridgehead atoms. The van der Waals surface area contributed by atoms with Crippen LogP contribution in [0.15, 0.2) is 29.3 Å². The van der Waals surface area contributed by atoms with E-state index in [1.54, 1.807) is 13.2 Å². The number of nitrogens with zero attached hydrogens (tertiary/aromatic N) is 5. The number of aryl methyl sites for hydroxylation is 1. The summed E-state index contributed by atoms with van der Waals surface area (Å²) < 4.78 is 45.3. The van der Waals surface area contributed by atoms with Crippen molar-refractivity contribution in [2.45, 2.75) is 25.1 Å². The third-order valence-corrected chi connectivity index (χ3v) is 6.01. The molecule has 3 aromatic heterocycles. The molecule has 4 heterocycles. The van der Waals surface area contributed by atoms with E-state index in [0.717, 1.165) is 15.6 Å². The Morgan fingerprint density at radius 1 is 1.29 bits per heavy atom. The molecule has 3 aromatic rings. The number of urea groups is 1. The fourth-order valence-corrected chi connectivity index (χ4v) is 4.04. The van der Waals surface area contributed by atoms with E-state index in [2.05, 4.69) is 25.4 Å². The number of H-pyrrole nitrogens is 1. The average Bonchev–Trinajstić information content (AvgIpc) is 3.23. The van der Waals surface area contributed by atoms with Crippen molar-refractivity contribution in [1.29, 1.82) is 0 Å². The maximum atomic E-state index is 13.1. The minimum absolute atomic E-state index is 0.147. The number of halogens is 3.